The molecular formula is C6H4F5N. The largest absolute Gasteiger partial charge is 0.344 e. The first-order valence-electron chi connectivity index (χ1n) is 2.52. The topological polar surface area (TPSA) is 35.0 Å². The Morgan fingerprint density at radius 3 is 1.33 bits per heavy atom. The van der Waals surface area contributed by atoms with Gasteiger partial charge in [-0.25, -0.2) is 22.0 Å². The standard InChI is InChI=1S/C6HF5.H3N/c7-2-1-3(8)5(10)6(11)4(2)9;/h1H;1H3. The lowest BCUT2D eigenvalue weighted by Crippen LogP contribution is -1.98. The first-order chi connectivity index (χ1) is 5.04. The lowest BCUT2D eigenvalue weighted by atomic mass is 10.3. The monoisotopic (exact) mass is 185 g/mol. The Balaban J connectivity index is 0.00000121. The fraction of sp³-hybridized carbons (Fsp3) is 0. The molecule has 1 nitrogen and oxygen atoms in total. The Morgan fingerprint density at radius 2 is 1.00 bits per heavy atom. The summed E-state index contributed by atoms with van der Waals surface area (Å²) in [5.74, 6) is -9.65. The van der Waals surface area contributed by atoms with Crippen LogP contribution in [0.25, 0.3) is 0 Å². The highest BCUT2D eigenvalue weighted by molar-refractivity contribution is 5.12. The summed E-state index contributed by atoms with van der Waals surface area (Å²) in [6.45, 7) is 0. The van der Waals surface area contributed by atoms with Crippen LogP contribution in [0.4, 0.5) is 22.0 Å². The van der Waals surface area contributed by atoms with Gasteiger partial charge in [0.1, 0.15) is 0 Å². The van der Waals surface area contributed by atoms with Gasteiger partial charge < -0.3 is 6.15 Å². The zero-order valence-corrected chi connectivity index (χ0v) is 5.67. The summed E-state index contributed by atoms with van der Waals surface area (Å²) >= 11 is 0. The molecule has 0 spiro atoms. The fourth-order valence-electron chi connectivity index (χ4n) is 0.544. The molecule has 0 saturated heterocycles. The van der Waals surface area contributed by atoms with E-state index in [-0.39, 0.29) is 12.2 Å². The minimum absolute atomic E-state index is 0. The molecule has 0 radical (unpaired) electrons. The Morgan fingerprint density at radius 1 is 0.667 bits per heavy atom. The van der Waals surface area contributed by atoms with Gasteiger partial charge in [0.05, 0.1) is 0 Å². The zero-order valence-electron chi connectivity index (χ0n) is 5.67. The maximum Gasteiger partial charge on any atom is 0.200 e. The van der Waals surface area contributed by atoms with E-state index in [1.807, 2.05) is 0 Å². The molecule has 1 aromatic carbocycles. The quantitative estimate of drug-likeness (QED) is 0.376. The molecule has 1 aromatic rings. The summed E-state index contributed by atoms with van der Waals surface area (Å²) in [5, 5.41) is 0. The Hall–Kier alpha value is -1.17. The van der Waals surface area contributed by atoms with E-state index in [9.17, 15) is 22.0 Å². The molecule has 0 amide bonds. The van der Waals surface area contributed by atoms with E-state index < -0.39 is 29.1 Å². The molecule has 0 bridgehead atoms. The van der Waals surface area contributed by atoms with Gasteiger partial charge in [0.2, 0.25) is 5.82 Å². The molecule has 0 atom stereocenters. The van der Waals surface area contributed by atoms with Crippen molar-refractivity contribution in [3.05, 3.63) is 35.2 Å². The molecule has 6 heteroatoms. The molecule has 0 heterocycles. The van der Waals surface area contributed by atoms with Crippen LogP contribution < -0.4 is 6.15 Å². The molecule has 12 heavy (non-hydrogen) atoms. The number of hydrogen-bond acceptors (Lipinski definition) is 1. The van der Waals surface area contributed by atoms with E-state index in [0.717, 1.165) is 0 Å². The molecule has 0 aliphatic rings. The van der Waals surface area contributed by atoms with E-state index in [0.29, 0.717) is 0 Å². The second-order valence-electron chi connectivity index (χ2n) is 1.78. The molecule has 68 valence electrons. The number of halogens is 5. The normalized spacial score (nSPS) is 9.42. The molecule has 1 rings (SSSR count). The van der Waals surface area contributed by atoms with Gasteiger partial charge in [0, 0.05) is 6.07 Å². The van der Waals surface area contributed by atoms with Crippen molar-refractivity contribution in [3.8, 4) is 0 Å². The molecule has 3 N–H and O–H groups in total. The van der Waals surface area contributed by atoms with Crippen LogP contribution in [-0.4, -0.2) is 0 Å². The van der Waals surface area contributed by atoms with Crippen LogP contribution in [-0.2, 0) is 0 Å². The van der Waals surface area contributed by atoms with Crippen molar-refractivity contribution >= 4 is 0 Å². The van der Waals surface area contributed by atoms with Crippen LogP contribution >= 0.6 is 0 Å². The molecule has 0 fully saturated rings. The second kappa shape index (κ2) is 3.48. The Labute approximate surface area is 64.4 Å². The molecule has 0 aromatic heterocycles. The van der Waals surface area contributed by atoms with Crippen LogP contribution in [0.1, 0.15) is 0 Å². The predicted molar refractivity (Wildman–Crippen MR) is 31.3 cm³/mol. The summed E-state index contributed by atoms with van der Waals surface area (Å²) in [5.41, 5.74) is 0. The lowest BCUT2D eigenvalue weighted by molar-refractivity contribution is 0.378. The third-order valence-corrected chi connectivity index (χ3v) is 1.06. The van der Waals surface area contributed by atoms with Crippen molar-refractivity contribution in [1.29, 1.82) is 0 Å². The molecule has 0 aliphatic heterocycles. The maximum absolute atomic E-state index is 12.0. The van der Waals surface area contributed by atoms with E-state index >= 15 is 0 Å². The SMILES string of the molecule is Fc1cc(F)c(F)c(F)c1F.N. The Kier molecular flexibility index (Phi) is 3.15. The van der Waals surface area contributed by atoms with Crippen molar-refractivity contribution in [2.24, 2.45) is 0 Å². The minimum atomic E-state index is -2.14. The summed E-state index contributed by atoms with van der Waals surface area (Å²) in [6.07, 6.45) is 0. The summed E-state index contributed by atoms with van der Waals surface area (Å²) in [4.78, 5) is 0. The van der Waals surface area contributed by atoms with Crippen molar-refractivity contribution in [2.75, 3.05) is 0 Å². The van der Waals surface area contributed by atoms with E-state index in [2.05, 4.69) is 0 Å². The summed E-state index contributed by atoms with van der Waals surface area (Å²) < 4.78 is 60.0. The lowest BCUT2D eigenvalue weighted by Gasteiger charge is -1.96. The van der Waals surface area contributed by atoms with Crippen LogP contribution in [0.5, 0.6) is 0 Å². The average Bonchev–Trinajstić information content (AvgIpc) is 1.97. The van der Waals surface area contributed by atoms with Crippen molar-refractivity contribution in [2.45, 2.75) is 0 Å². The van der Waals surface area contributed by atoms with Gasteiger partial charge in [-0.1, -0.05) is 0 Å². The summed E-state index contributed by atoms with van der Waals surface area (Å²) in [7, 11) is 0. The highest BCUT2D eigenvalue weighted by atomic mass is 19.2. The van der Waals surface area contributed by atoms with Crippen LogP contribution in [0, 0.1) is 29.1 Å². The highest BCUT2D eigenvalue weighted by Gasteiger charge is 2.18. The first kappa shape index (κ1) is 10.8. The van der Waals surface area contributed by atoms with Gasteiger partial charge in [-0.3, -0.25) is 0 Å². The van der Waals surface area contributed by atoms with Crippen LogP contribution in [0.3, 0.4) is 0 Å². The van der Waals surface area contributed by atoms with E-state index in [1.54, 1.807) is 0 Å². The molecule has 0 unspecified atom stereocenters. The maximum atomic E-state index is 12.0. The predicted octanol–water partition coefficient (Wildman–Crippen LogP) is 2.54. The van der Waals surface area contributed by atoms with Gasteiger partial charge in [-0.15, -0.1) is 0 Å². The third kappa shape index (κ3) is 1.53. The minimum Gasteiger partial charge on any atom is -0.344 e. The highest BCUT2D eigenvalue weighted by Crippen LogP contribution is 2.16. The fourth-order valence-corrected chi connectivity index (χ4v) is 0.544. The van der Waals surface area contributed by atoms with Gasteiger partial charge in [-0.2, -0.15) is 0 Å². The van der Waals surface area contributed by atoms with Gasteiger partial charge in [0.25, 0.3) is 0 Å². The number of hydrogen-bond donors (Lipinski definition) is 1. The molecule has 0 saturated carbocycles. The van der Waals surface area contributed by atoms with Gasteiger partial charge in [-0.05, 0) is 0 Å². The first-order valence-corrected chi connectivity index (χ1v) is 2.52. The smallest absolute Gasteiger partial charge is 0.200 e. The number of benzene rings is 1. The zero-order chi connectivity index (χ0) is 8.59. The van der Waals surface area contributed by atoms with Crippen LogP contribution in [0.15, 0.2) is 6.07 Å². The number of rotatable bonds is 0. The summed E-state index contributed by atoms with van der Waals surface area (Å²) in [6, 6.07) is -0.0618. The molecule has 0 aliphatic carbocycles. The molecular weight excluding hydrogens is 181 g/mol. The van der Waals surface area contributed by atoms with Gasteiger partial charge in [0.15, 0.2) is 23.3 Å². The van der Waals surface area contributed by atoms with E-state index in [4.69, 9.17) is 0 Å². The van der Waals surface area contributed by atoms with Gasteiger partial charge >= 0.3 is 0 Å². The van der Waals surface area contributed by atoms with Crippen LogP contribution in [0.2, 0.25) is 0 Å². The second-order valence-corrected chi connectivity index (χ2v) is 1.78. The third-order valence-electron chi connectivity index (χ3n) is 1.06. The van der Waals surface area contributed by atoms with Crippen molar-refractivity contribution < 1.29 is 22.0 Å². The van der Waals surface area contributed by atoms with Crippen molar-refractivity contribution in [1.82, 2.24) is 6.15 Å². The van der Waals surface area contributed by atoms with Crippen molar-refractivity contribution in [3.63, 3.8) is 0 Å². The Bertz CT molecular complexity index is 272. The average molecular weight is 185 g/mol. The van der Waals surface area contributed by atoms with E-state index in [1.165, 1.54) is 0 Å².